The number of ether oxygens (including phenoxy) is 2. The predicted molar refractivity (Wildman–Crippen MR) is 125 cm³/mol. The van der Waals surface area contributed by atoms with Crippen molar-refractivity contribution in [1.82, 2.24) is 9.55 Å². The van der Waals surface area contributed by atoms with Crippen molar-refractivity contribution in [3.05, 3.63) is 83.4 Å². The van der Waals surface area contributed by atoms with Crippen LogP contribution in [0.1, 0.15) is 21.5 Å². The average Bonchev–Trinajstić information content (AvgIpc) is 3.18. The van der Waals surface area contributed by atoms with E-state index in [1.807, 2.05) is 34.9 Å². The van der Waals surface area contributed by atoms with E-state index in [-0.39, 0.29) is 17.1 Å². The summed E-state index contributed by atoms with van der Waals surface area (Å²) in [5.41, 5.74) is 1.38. The summed E-state index contributed by atoms with van der Waals surface area (Å²) < 4.78 is 52.0. The molecule has 0 fully saturated rings. The fourth-order valence-electron chi connectivity index (χ4n) is 3.55. The smallest absolute Gasteiger partial charge is 0.416 e. The summed E-state index contributed by atoms with van der Waals surface area (Å²) in [4.78, 5) is 17.4. The third kappa shape index (κ3) is 5.04. The van der Waals surface area contributed by atoms with Gasteiger partial charge in [0, 0.05) is 6.07 Å². The van der Waals surface area contributed by atoms with Crippen LogP contribution < -0.4 is 9.47 Å². The Morgan fingerprint density at radius 2 is 1.76 bits per heavy atom. The zero-order valence-corrected chi connectivity index (χ0v) is 19.2. The number of hydrogen-bond donors (Lipinski definition) is 0. The van der Waals surface area contributed by atoms with Gasteiger partial charge in [-0.1, -0.05) is 42.1 Å². The van der Waals surface area contributed by atoms with Crippen LogP contribution >= 0.6 is 11.8 Å². The van der Waals surface area contributed by atoms with Crippen molar-refractivity contribution in [3.8, 4) is 11.5 Å². The Hall–Kier alpha value is -3.46. The minimum absolute atomic E-state index is 0.0347. The summed E-state index contributed by atoms with van der Waals surface area (Å²) in [5, 5.41) is 0.457. The molecule has 0 saturated carbocycles. The molecule has 1 heterocycles. The van der Waals surface area contributed by atoms with Gasteiger partial charge in [-0.2, -0.15) is 13.2 Å². The van der Waals surface area contributed by atoms with Crippen molar-refractivity contribution in [2.24, 2.45) is 0 Å². The number of rotatable bonds is 8. The quantitative estimate of drug-likeness (QED) is 0.223. The fourth-order valence-corrected chi connectivity index (χ4v) is 4.45. The van der Waals surface area contributed by atoms with Crippen LogP contribution in [0, 0.1) is 0 Å². The number of carbonyl (C=O) groups is 1. The van der Waals surface area contributed by atoms with Gasteiger partial charge in [-0.25, -0.2) is 4.98 Å². The molecule has 0 bridgehead atoms. The summed E-state index contributed by atoms with van der Waals surface area (Å²) in [5.74, 6) is 0.787. The monoisotopic (exact) mass is 486 g/mol. The third-order valence-corrected chi connectivity index (χ3v) is 6.24. The number of aromatic nitrogens is 2. The summed E-state index contributed by atoms with van der Waals surface area (Å²) in [6.45, 7) is 0.408. The lowest BCUT2D eigenvalue weighted by Gasteiger charge is -2.11. The van der Waals surface area contributed by atoms with Gasteiger partial charge in [0.05, 0.1) is 48.7 Å². The van der Waals surface area contributed by atoms with Gasteiger partial charge in [0.25, 0.3) is 0 Å². The van der Waals surface area contributed by atoms with Crippen LogP contribution in [0.25, 0.3) is 11.0 Å². The number of imidazole rings is 1. The van der Waals surface area contributed by atoms with E-state index in [4.69, 9.17) is 9.47 Å². The van der Waals surface area contributed by atoms with E-state index in [1.54, 1.807) is 18.2 Å². The van der Waals surface area contributed by atoms with Crippen molar-refractivity contribution in [2.45, 2.75) is 17.9 Å². The van der Waals surface area contributed by atoms with E-state index in [0.717, 1.165) is 17.7 Å². The van der Waals surface area contributed by atoms with Gasteiger partial charge in [0.15, 0.2) is 10.9 Å². The number of hydrogen-bond acceptors (Lipinski definition) is 5. The molecule has 0 N–H and O–H groups in total. The number of methoxy groups -OCH3 is 2. The van der Waals surface area contributed by atoms with Crippen LogP contribution in [0.4, 0.5) is 13.2 Å². The lowest BCUT2D eigenvalue weighted by atomic mass is 10.1. The molecule has 0 aliphatic rings. The third-order valence-electron chi connectivity index (χ3n) is 5.27. The molecule has 4 aromatic rings. The lowest BCUT2D eigenvalue weighted by Crippen LogP contribution is -2.07. The molecule has 0 amide bonds. The normalized spacial score (nSPS) is 11.6. The Morgan fingerprint density at radius 3 is 2.44 bits per heavy atom. The maximum absolute atomic E-state index is 13.2. The highest BCUT2D eigenvalue weighted by Gasteiger charge is 2.31. The minimum Gasteiger partial charge on any atom is -0.497 e. The van der Waals surface area contributed by atoms with Crippen molar-refractivity contribution >= 4 is 28.6 Å². The van der Waals surface area contributed by atoms with Crippen LogP contribution in [0.2, 0.25) is 0 Å². The predicted octanol–water partition coefficient (Wildman–Crippen LogP) is 6.10. The number of ketones is 1. The van der Waals surface area contributed by atoms with Crippen molar-refractivity contribution in [2.75, 3.05) is 20.0 Å². The number of alkyl halides is 3. The summed E-state index contributed by atoms with van der Waals surface area (Å²) in [6.07, 6.45) is -4.47. The first-order valence-corrected chi connectivity index (χ1v) is 11.3. The molecule has 1 aromatic heterocycles. The molecule has 5 nitrogen and oxygen atoms in total. The largest absolute Gasteiger partial charge is 0.497 e. The summed E-state index contributed by atoms with van der Waals surface area (Å²) in [7, 11) is 2.99. The molecule has 3 aromatic carbocycles. The second kappa shape index (κ2) is 9.80. The van der Waals surface area contributed by atoms with Crippen LogP contribution in [0.3, 0.4) is 0 Å². The highest BCUT2D eigenvalue weighted by atomic mass is 32.2. The average molecular weight is 487 g/mol. The molecule has 9 heteroatoms. The molecular weight excluding hydrogens is 465 g/mol. The maximum atomic E-state index is 13.2. The van der Waals surface area contributed by atoms with Gasteiger partial charge in [0.2, 0.25) is 0 Å². The maximum Gasteiger partial charge on any atom is 0.416 e. The topological polar surface area (TPSA) is 53.3 Å². The van der Waals surface area contributed by atoms with Crippen LogP contribution in [0.15, 0.2) is 71.9 Å². The van der Waals surface area contributed by atoms with Gasteiger partial charge in [-0.3, -0.25) is 4.79 Å². The minimum atomic E-state index is -4.47. The first kappa shape index (κ1) is 23.7. The molecule has 0 aliphatic carbocycles. The number of Topliss-reactive ketones (excluding diaryl/α,β-unsaturated/α-hetero) is 1. The Labute approximate surface area is 198 Å². The van der Waals surface area contributed by atoms with Gasteiger partial charge in [-0.15, -0.1) is 0 Å². The summed E-state index contributed by atoms with van der Waals surface area (Å²) >= 11 is 1.17. The molecule has 0 aliphatic heterocycles. The number of carbonyl (C=O) groups excluding carboxylic acids is 1. The van der Waals surface area contributed by atoms with E-state index in [2.05, 4.69) is 4.98 Å². The zero-order chi connectivity index (χ0) is 24.3. The van der Waals surface area contributed by atoms with Crippen LogP contribution in [-0.4, -0.2) is 35.3 Å². The number of nitrogens with zero attached hydrogens (tertiary/aromatic N) is 2. The molecule has 4 rings (SSSR count). The number of benzene rings is 3. The van der Waals surface area contributed by atoms with E-state index >= 15 is 0 Å². The van der Waals surface area contributed by atoms with E-state index in [1.165, 1.54) is 32.0 Å². The Bertz CT molecular complexity index is 1320. The Kier molecular flexibility index (Phi) is 6.83. The molecule has 34 heavy (non-hydrogen) atoms. The zero-order valence-electron chi connectivity index (χ0n) is 18.4. The molecule has 0 unspecified atom stereocenters. The molecule has 0 saturated heterocycles. The van der Waals surface area contributed by atoms with Gasteiger partial charge < -0.3 is 14.0 Å². The summed E-state index contributed by atoms with van der Waals surface area (Å²) in [6, 6.07) is 18.0. The van der Waals surface area contributed by atoms with Gasteiger partial charge >= 0.3 is 6.18 Å². The van der Waals surface area contributed by atoms with Crippen molar-refractivity contribution in [3.63, 3.8) is 0 Å². The molecule has 0 atom stereocenters. The number of fused-ring (bicyclic) bond motifs is 1. The number of thioether (sulfide) groups is 1. The van der Waals surface area contributed by atoms with Crippen molar-refractivity contribution in [1.29, 1.82) is 0 Å². The lowest BCUT2D eigenvalue weighted by molar-refractivity contribution is -0.137. The van der Waals surface area contributed by atoms with E-state index in [9.17, 15) is 18.0 Å². The van der Waals surface area contributed by atoms with Crippen molar-refractivity contribution < 1.29 is 27.4 Å². The molecule has 176 valence electrons. The number of halogens is 3. The van der Waals surface area contributed by atoms with Crippen LogP contribution in [-0.2, 0) is 12.7 Å². The second-order valence-electron chi connectivity index (χ2n) is 7.45. The van der Waals surface area contributed by atoms with Gasteiger partial charge in [-0.05, 0) is 35.9 Å². The van der Waals surface area contributed by atoms with Gasteiger partial charge in [0.1, 0.15) is 11.5 Å². The van der Waals surface area contributed by atoms with E-state index in [0.29, 0.717) is 34.3 Å². The molecule has 0 spiro atoms. The highest BCUT2D eigenvalue weighted by Crippen LogP contribution is 2.34. The Balaban J connectivity index is 1.66. The SMILES string of the molecule is COc1ccc(C(=O)CSc2nc3cc(C(F)(F)F)ccc3n2Cc2ccccc2)c(OC)c1. The molecular formula is C25H21F3N2O3S. The van der Waals surface area contributed by atoms with Crippen LogP contribution in [0.5, 0.6) is 11.5 Å². The standard InChI is InChI=1S/C25H21F3N2O3S/c1-32-18-9-10-19(23(13-18)33-2)22(31)15-34-24-29-20-12-17(25(26,27)28)8-11-21(20)30(24)14-16-6-4-3-5-7-16/h3-13H,14-15H2,1-2H3. The first-order valence-electron chi connectivity index (χ1n) is 10.3. The molecule has 0 radical (unpaired) electrons. The van der Waals surface area contributed by atoms with E-state index < -0.39 is 11.7 Å². The highest BCUT2D eigenvalue weighted by molar-refractivity contribution is 7.99. The Morgan fingerprint density at radius 1 is 1.00 bits per heavy atom. The first-order chi connectivity index (χ1) is 16.3. The second-order valence-corrected chi connectivity index (χ2v) is 8.39. The fraction of sp³-hybridized carbons (Fsp3) is 0.200.